The second-order valence-corrected chi connectivity index (χ2v) is 7.95. The van der Waals surface area contributed by atoms with Gasteiger partial charge < -0.3 is 10.8 Å². The number of hydrogen-bond acceptors (Lipinski definition) is 3. The van der Waals surface area contributed by atoms with Gasteiger partial charge in [0.15, 0.2) is 0 Å². The molecule has 0 bridgehead atoms. The Labute approximate surface area is 150 Å². The van der Waals surface area contributed by atoms with Gasteiger partial charge in [0, 0.05) is 15.3 Å². The van der Waals surface area contributed by atoms with E-state index in [2.05, 4.69) is 54.6 Å². The van der Waals surface area contributed by atoms with E-state index in [0.717, 1.165) is 19.3 Å². The molecule has 0 aliphatic heterocycles. The number of aliphatic hydroxyl groups is 1. The van der Waals surface area contributed by atoms with Gasteiger partial charge in [-0.1, -0.05) is 36.4 Å². The lowest BCUT2D eigenvalue weighted by atomic mass is 9.98. The van der Waals surface area contributed by atoms with Crippen molar-refractivity contribution in [2.24, 2.45) is 5.73 Å². The van der Waals surface area contributed by atoms with Crippen LogP contribution in [-0.2, 0) is 12.8 Å². The molecule has 3 heteroatoms. The Bertz CT molecular complexity index is 616. The van der Waals surface area contributed by atoms with Crippen molar-refractivity contribution in [3.8, 4) is 0 Å². The summed E-state index contributed by atoms with van der Waals surface area (Å²) in [7, 11) is 0. The van der Waals surface area contributed by atoms with Gasteiger partial charge in [-0.3, -0.25) is 0 Å². The summed E-state index contributed by atoms with van der Waals surface area (Å²) in [5.41, 5.74) is 6.94. The van der Waals surface area contributed by atoms with E-state index < -0.39 is 5.54 Å². The molecule has 0 fully saturated rings. The van der Waals surface area contributed by atoms with Crippen molar-refractivity contribution < 1.29 is 5.11 Å². The molecule has 1 heterocycles. The summed E-state index contributed by atoms with van der Waals surface area (Å²) >= 11 is 1.82. The van der Waals surface area contributed by atoms with Crippen molar-refractivity contribution in [2.45, 2.75) is 51.0 Å². The predicted octanol–water partition coefficient (Wildman–Crippen LogP) is 4.82. The quantitative estimate of drug-likeness (QED) is 0.608. The maximum Gasteiger partial charge on any atom is 0.0608 e. The Morgan fingerprint density at radius 2 is 1.88 bits per heavy atom. The Morgan fingerprint density at radius 3 is 2.62 bits per heavy atom. The first kappa shape index (κ1) is 18.9. The van der Waals surface area contributed by atoms with Crippen molar-refractivity contribution in [1.82, 2.24) is 0 Å². The molecule has 0 amide bonds. The van der Waals surface area contributed by atoms with Crippen LogP contribution >= 0.6 is 11.3 Å². The van der Waals surface area contributed by atoms with Crippen LogP contribution in [0.1, 0.15) is 47.9 Å². The van der Waals surface area contributed by atoms with Crippen molar-refractivity contribution in [2.75, 3.05) is 6.61 Å². The van der Waals surface area contributed by atoms with E-state index in [1.165, 1.54) is 34.6 Å². The van der Waals surface area contributed by atoms with E-state index in [1.807, 2.05) is 18.3 Å². The number of thiophene rings is 1. The van der Waals surface area contributed by atoms with Crippen molar-refractivity contribution in [3.63, 3.8) is 0 Å². The highest BCUT2D eigenvalue weighted by Crippen LogP contribution is 2.21. The molecule has 3 N–H and O–H groups in total. The minimum Gasteiger partial charge on any atom is -0.394 e. The number of rotatable bonds is 10. The van der Waals surface area contributed by atoms with Gasteiger partial charge >= 0.3 is 0 Å². The first-order chi connectivity index (χ1) is 11.6. The maximum atomic E-state index is 9.20. The normalized spacial score (nSPS) is 14.1. The summed E-state index contributed by atoms with van der Waals surface area (Å²) in [6.07, 6.45) is 11.0. The SMILES string of the molecule is CC(N)(CO)CCc1ccc(/C=C/CCCCc2ccccc2)s1. The molecular formula is C21H29NOS. The van der Waals surface area contributed by atoms with Gasteiger partial charge in [-0.15, -0.1) is 11.3 Å². The maximum absolute atomic E-state index is 9.20. The molecule has 0 saturated heterocycles. The van der Waals surface area contributed by atoms with Gasteiger partial charge in [0.1, 0.15) is 0 Å². The highest BCUT2D eigenvalue weighted by atomic mass is 32.1. The molecule has 2 aromatic rings. The topological polar surface area (TPSA) is 46.2 Å². The van der Waals surface area contributed by atoms with Crippen LogP contribution in [0, 0.1) is 0 Å². The third kappa shape index (κ3) is 7.00. The summed E-state index contributed by atoms with van der Waals surface area (Å²) in [6.45, 7) is 1.94. The van der Waals surface area contributed by atoms with Crippen LogP contribution in [0.4, 0.5) is 0 Å². The molecule has 0 aliphatic rings. The summed E-state index contributed by atoms with van der Waals surface area (Å²) < 4.78 is 0. The van der Waals surface area contributed by atoms with Crippen LogP contribution in [0.15, 0.2) is 48.5 Å². The summed E-state index contributed by atoms with van der Waals surface area (Å²) in [4.78, 5) is 2.64. The standard InChI is InChI=1S/C21H29NOS/c1-21(22,17-23)16-15-20-14-13-19(24-20)12-8-3-2-5-9-18-10-6-4-7-11-18/h4,6-8,10-14,23H,2-3,5,9,15-17,22H2,1H3/b12-8+. The molecule has 2 nitrogen and oxygen atoms in total. The zero-order valence-electron chi connectivity index (χ0n) is 14.6. The molecular weight excluding hydrogens is 314 g/mol. The van der Waals surface area contributed by atoms with Crippen LogP contribution in [0.25, 0.3) is 6.08 Å². The van der Waals surface area contributed by atoms with Gasteiger partial charge in [0.05, 0.1) is 6.61 Å². The Kier molecular flexibility index (Phi) is 7.70. The number of hydrogen-bond donors (Lipinski definition) is 2. The average molecular weight is 344 g/mol. The molecule has 1 aromatic carbocycles. The van der Waals surface area contributed by atoms with Gasteiger partial charge in [-0.05, 0) is 69.2 Å². The zero-order valence-corrected chi connectivity index (χ0v) is 15.4. The van der Waals surface area contributed by atoms with Gasteiger partial charge in [0.2, 0.25) is 0 Å². The van der Waals surface area contributed by atoms with E-state index in [9.17, 15) is 5.11 Å². The fraction of sp³-hybridized carbons (Fsp3) is 0.429. The minimum absolute atomic E-state index is 0.0358. The number of benzene rings is 1. The first-order valence-corrected chi connectivity index (χ1v) is 9.60. The first-order valence-electron chi connectivity index (χ1n) is 8.78. The van der Waals surface area contributed by atoms with Crippen LogP contribution in [0.5, 0.6) is 0 Å². The highest BCUT2D eigenvalue weighted by Gasteiger charge is 2.16. The number of nitrogens with two attached hydrogens (primary N) is 1. The van der Waals surface area contributed by atoms with E-state index in [0.29, 0.717) is 0 Å². The average Bonchev–Trinajstić information content (AvgIpc) is 3.05. The smallest absolute Gasteiger partial charge is 0.0608 e. The molecule has 0 spiro atoms. The lowest BCUT2D eigenvalue weighted by molar-refractivity contribution is 0.201. The monoisotopic (exact) mass is 343 g/mol. The van der Waals surface area contributed by atoms with Gasteiger partial charge in [-0.2, -0.15) is 0 Å². The predicted molar refractivity (Wildman–Crippen MR) is 105 cm³/mol. The largest absolute Gasteiger partial charge is 0.394 e. The number of unbranched alkanes of at least 4 members (excludes halogenated alkanes) is 2. The third-order valence-electron chi connectivity index (χ3n) is 4.20. The zero-order chi connectivity index (χ0) is 17.3. The highest BCUT2D eigenvalue weighted by molar-refractivity contribution is 7.12. The van der Waals surface area contributed by atoms with E-state index in [1.54, 1.807) is 0 Å². The minimum atomic E-state index is -0.473. The fourth-order valence-electron chi connectivity index (χ4n) is 2.54. The molecule has 130 valence electrons. The van der Waals surface area contributed by atoms with Crippen LogP contribution in [0.2, 0.25) is 0 Å². The second-order valence-electron chi connectivity index (χ2n) is 6.75. The van der Waals surface area contributed by atoms with E-state index in [-0.39, 0.29) is 6.61 Å². The Balaban J connectivity index is 1.65. The van der Waals surface area contributed by atoms with Gasteiger partial charge in [0.25, 0.3) is 0 Å². The molecule has 24 heavy (non-hydrogen) atoms. The second kappa shape index (κ2) is 9.77. The lowest BCUT2D eigenvalue weighted by Gasteiger charge is -2.20. The van der Waals surface area contributed by atoms with E-state index in [4.69, 9.17) is 5.73 Å². The molecule has 2 rings (SSSR count). The van der Waals surface area contributed by atoms with Crippen LogP contribution < -0.4 is 5.73 Å². The van der Waals surface area contributed by atoms with Gasteiger partial charge in [-0.25, -0.2) is 0 Å². The van der Waals surface area contributed by atoms with Crippen molar-refractivity contribution in [3.05, 3.63) is 63.9 Å². The molecule has 0 radical (unpaired) electrons. The van der Waals surface area contributed by atoms with Crippen molar-refractivity contribution >= 4 is 17.4 Å². The fourth-order valence-corrected chi connectivity index (χ4v) is 3.49. The molecule has 1 unspecified atom stereocenters. The molecule has 0 aliphatic carbocycles. The van der Waals surface area contributed by atoms with Crippen LogP contribution in [0.3, 0.4) is 0 Å². The van der Waals surface area contributed by atoms with Crippen LogP contribution in [-0.4, -0.2) is 17.3 Å². The Morgan fingerprint density at radius 1 is 1.08 bits per heavy atom. The molecule has 1 aromatic heterocycles. The van der Waals surface area contributed by atoms with Crippen molar-refractivity contribution in [1.29, 1.82) is 0 Å². The van der Waals surface area contributed by atoms with E-state index >= 15 is 0 Å². The number of allylic oxidation sites excluding steroid dienone is 1. The third-order valence-corrected chi connectivity index (χ3v) is 5.31. The molecule has 1 atom stereocenters. The number of aryl methyl sites for hydroxylation is 2. The summed E-state index contributed by atoms with van der Waals surface area (Å²) in [5, 5.41) is 9.20. The number of aliphatic hydroxyl groups excluding tert-OH is 1. The Hall–Kier alpha value is -1.42. The summed E-state index contributed by atoms with van der Waals surface area (Å²) in [6, 6.07) is 15.0. The lowest BCUT2D eigenvalue weighted by Crippen LogP contribution is -2.40. The molecule has 0 saturated carbocycles. The summed E-state index contributed by atoms with van der Waals surface area (Å²) in [5.74, 6) is 0.